The third-order valence-electron chi connectivity index (χ3n) is 5.52. The molecule has 0 amide bonds. The van der Waals surface area contributed by atoms with E-state index in [1.54, 1.807) is 12.1 Å². The van der Waals surface area contributed by atoms with Crippen LogP contribution in [0.2, 0.25) is 0 Å². The summed E-state index contributed by atoms with van der Waals surface area (Å²) in [6.45, 7) is 2.71. The van der Waals surface area contributed by atoms with Gasteiger partial charge in [-0.2, -0.15) is 0 Å². The van der Waals surface area contributed by atoms with Gasteiger partial charge in [0.2, 0.25) is 0 Å². The zero-order valence-corrected chi connectivity index (χ0v) is 17.1. The molecule has 1 aliphatic rings. The molecule has 0 spiro atoms. The number of carboxylic acid groups (broad SMARTS) is 1. The van der Waals surface area contributed by atoms with Gasteiger partial charge in [0, 0.05) is 0 Å². The van der Waals surface area contributed by atoms with E-state index < -0.39 is 11.6 Å². The molecule has 0 radical (unpaired) electrons. The summed E-state index contributed by atoms with van der Waals surface area (Å²) in [6, 6.07) is 19.9. The second-order valence-corrected chi connectivity index (χ2v) is 7.58. The maximum Gasteiger partial charge on any atom is 0.329 e. The SMILES string of the molecule is Cc1c(COc2ccc(C3(OCC(=O)O)COC3)cc2)cccc1-c1ccc(F)cc1. The largest absolute Gasteiger partial charge is 0.489 e. The molecule has 0 saturated carbocycles. The lowest BCUT2D eigenvalue weighted by atomic mass is 9.91. The highest BCUT2D eigenvalue weighted by atomic mass is 19.1. The number of ether oxygens (including phenoxy) is 3. The van der Waals surface area contributed by atoms with Crippen LogP contribution >= 0.6 is 0 Å². The minimum absolute atomic E-state index is 0.257. The molecule has 4 rings (SSSR count). The van der Waals surface area contributed by atoms with Gasteiger partial charge in [-0.1, -0.05) is 42.5 Å². The van der Waals surface area contributed by atoms with Gasteiger partial charge < -0.3 is 19.3 Å². The van der Waals surface area contributed by atoms with Crippen LogP contribution < -0.4 is 4.74 Å². The molecular formula is C25H23FO5. The summed E-state index contributed by atoms with van der Waals surface area (Å²) in [7, 11) is 0. The van der Waals surface area contributed by atoms with Crippen LogP contribution in [0.15, 0.2) is 66.7 Å². The van der Waals surface area contributed by atoms with Crippen LogP contribution in [0.5, 0.6) is 5.75 Å². The molecule has 160 valence electrons. The van der Waals surface area contributed by atoms with Crippen molar-refractivity contribution in [2.45, 2.75) is 19.1 Å². The number of carbonyl (C=O) groups is 1. The van der Waals surface area contributed by atoms with E-state index in [4.69, 9.17) is 19.3 Å². The first-order chi connectivity index (χ1) is 15.0. The minimum Gasteiger partial charge on any atom is -0.489 e. The maximum absolute atomic E-state index is 13.2. The molecule has 1 N–H and O–H groups in total. The van der Waals surface area contributed by atoms with Crippen LogP contribution in [0.1, 0.15) is 16.7 Å². The predicted octanol–water partition coefficient (Wildman–Crippen LogP) is 4.71. The molecule has 0 bridgehead atoms. The smallest absolute Gasteiger partial charge is 0.329 e. The summed E-state index contributed by atoms with van der Waals surface area (Å²) in [5.41, 5.74) is 4.27. The second-order valence-electron chi connectivity index (χ2n) is 7.58. The summed E-state index contributed by atoms with van der Waals surface area (Å²) >= 11 is 0. The Morgan fingerprint density at radius 2 is 1.77 bits per heavy atom. The summed E-state index contributed by atoms with van der Waals surface area (Å²) < 4.78 is 30.0. The van der Waals surface area contributed by atoms with E-state index in [-0.39, 0.29) is 12.4 Å². The number of hydrogen-bond donors (Lipinski definition) is 1. The Morgan fingerprint density at radius 3 is 2.39 bits per heavy atom. The van der Waals surface area contributed by atoms with Crippen LogP contribution in [0.3, 0.4) is 0 Å². The molecule has 1 saturated heterocycles. The fourth-order valence-electron chi connectivity index (χ4n) is 3.62. The van der Waals surface area contributed by atoms with Crippen LogP contribution in [0, 0.1) is 12.7 Å². The molecule has 1 heterocycles. The van der Waals surface area contributed by atoms with Crippen molar-refractivity contribution in [1.29, 1.82) is 0 Å². The van der Waals surface area contributed by atoms with Crippen molar-refractivity contribution in [3.8, 4) is 16.9 Å². The Morgan fingerprint density at radius 1 is 1.06 bits per heavy atom. The number of aliphatic carboxylic acids is 1. The Kier molecular flexibility index (Phi) is 6.02. The average molecular weight is 422 g/mol. The molecule has 0 unspecified atom stereocenters. The quantitative estimate of drug-likeness (QED) is 0.570. The van der Waals surface area contributed by atoms with Gasteiger partial charge in [0.05, 0.1) is 13.2 Å². The van der Waals surface area contributed by atoms with Crippen molar-refractivity contribution in [2.75, 3.05) is 19.8 Å². The van der Waals surface area contributed by atoms with Crippen molar-refractivity contribution in [3.63, 3.8) is 0 Å². The predicted molar refractivity (Wildman–Crippen MR) is 113 cm³/mol. The molecule has 1 fully saturated rings. The van der Waals surface area contributed by atoms with Gasteiger partial charge in [-0.3, -0.25) is 0 Å². The van der Waals surface area contributed by atoms with Crippen molar-refractivity contribution >= 4 is 5.97 Å². The Hall–Kier alpha value is -3.22. The lowest BCUT2D eigenvalue weighted by Gasteiger charge is -2.41. The summed E-state index contributed by atoms with van der Waals surface area (Å²) in [5.74, 6) is -0.568. The van der Waals surface area contributed by atoms with E-state index in [0.717, 1.165) is 27.8 Å². The van der Waals surface area contributed by atoms with Crippen LogP contribution in [0.4, 0.5) is 4.39 Å². The molecular weight excluding hydrogens is 399 g/mol. The van der Waals surface area contributed by atoms with Gasteiger partial charge in [0.1, 0.15) is 30.4 Å². The summed E-state index contributed by atoms with van der Waals surface area (Å²) in [6.07, 6.45) is 0. The molecule has 6 heteroatoms. The van der Waals surface area contributed by atoms with E-state index in [0.29, 0.717) is 25.6 Å². The van der Waals surface area contributed by atoms with Crippen molar-refractivity contribution in [2.24, 2.45) is 0 Å². The highest BCUT2D eigenvalue weighted by Gasteiger charge is 2.42. The van der Waals surface area contributed by atoms with E-state index >= 15 is 0 Å². The average Bonchev–Trinajstić information content (AvgIpc) is 2.74. The van der Waals surface area contributed by atoms with Gasteiger partial charge in [-0.15, -0.1) is 0 Å². The molecule has 0 atom stereocenters. The summed E-state index contributed by atoms with van der Waals surface area (Å²) in [4.78, 5) is 10.8. The third kappa shape index (κ3) is 4.60. The van der Waals surface area contributed by atoms with E-state index in [1.807, 2.05) is 49.4 Å². The van der Waals surface area contributed by atoms with E-state index in [2.05, 4.69) is 0 Å². The molecule has 0 aromatic heterocycles. The normalized spacial score (nSPS) is 14.6. The number of carboxylic acids is 1. The molecule has 5 nitrogen and oxygen atoms in total. The molecule has 31 heavy (non-hydrogen) atoms. The Balaban J connectivity index is 1.44. The summed E-state index contributed by atoms with van der Waals surface area (Å²) in [5, 5.41) is 8.89. The van der Waals surface area contributed by atoms with Gasteiger partial charge in [-0.05, 0) is 59.0 Å². The zero-order valence-electron chi connectivity index (χ0n) is 17.1. The highest BCUT2D eigenvalue weighted by Crippen LogP contribution is 2.35. The van der Waals surface area contributed by atoms with Crippen LogP contribution in [-0.2, 0) is 26.5 Å². The number of hydrogen-bond acceptors (Lipinski definition) is 4. The van der Waals surface area contributed by atoms with Crippen LogP contribution in [-0.4, -0.2) is 30.9 Å². The van der Waals surface area contributed by atoms with Gasteiger partial charge in [0.15, 0.2) is 0 Å². The van der Waals surface area contributed by atoms with E-state index in [1.165, 1.54) is 12.1 Å². The number of halogens is 1. The van der Waals surface area contributed by atoms with Crippen molar-refractivity contribution < 1.29 is 28.5 Å². The first kappa shape index (κ1) is 21.0. The molecule has 0 aliphatic carbocycles. The fourth-order valence-corrected chi connectivity index (χ4v) is 3.62. The van der Waals surface area contributed by atoms with Crippen molar-refractivity contribution in [3.05, 3.63) is 89.2 Å². The highest BCUT2D eigenvalue weighted by molar-refractivity contribution is 5.68. The lowest BCUT2D eigenvalue weighted by Crippen LogP contribution is -2.49. The minimum atomic E-state index is -1.01. The zero-order chi connectivity index (χ0) is 21.8. The first-order valence-corrected chi connectivity index (χ1v) is 9.98. The maximum atomic E-state index is 13.2. The molecule has 1 aliphatic heterocycles. The topological polar surface area (TPSA) is 65.0 Å². The first-order valence-electron chi connectivity index (χ1n) is 9.98. The lowest BCUT2D eigenvalue weighted by molar-refractivity contribution is -0.220. The number of benzene rings is 3. The third-order valence-corrected chi connectivity index (χ3v) is 5.52. The number of rotatable bonds is 8. The van der Waals surface area contributed by atoms with Crippen LogP contribution in [0.25, 0.3) is 11.1 Å². The van der Waals surface area contributed by atoms with E-state index in [9.17, 15) is 9.18 Å². The Labute approximate surface area is 180 Å². The van der Waals surface area contributed by atoms with Crippen molar-refractivity contribution in [1.82, 2.24) is 0 Å². The van der Waals surface area contributed by atoms with Gasteiger partial charge in [0.25, 0.3) is 0 Å². The molecule has 3 aromatic rings. The second kappa shape index (κ2) is 8.88. The molecule has 3 aromatic carbocycles. The monoisotopic (exact) mass is 422 g/mol. The van der Waals surface area contributed by atoms with Gasteiger partial charge in [-0.25, -0.2) is 9.18 Å². The fraction of sp³-hybridized carbons (Fsp3) is 0.240. The standard InChI is InChI=1S/C25H23FO5/c1-17-19(3-2-4-23(17)18-5-9-21(26)10-6-18)13-30-22-11-7-20(8-12-22)25(15-29-16-25)31-14-24(27)28/h2-12H,13-16H2,1H3,(H,27,28). The Bertz CT molecular complexity index is 1060. The van der Waals surface area contributed by atoms with Gasteiger partial charge >= 0.3 is 5.97 Å².